The van der Waals surface area contributed by atoms with Gasteiger partial charge in [0.25, 0.3) is 0 Å². The molecule has 1 aromatic carbocycles. The van der Waals surface area contributed by atoms with Gasteiger partial charge in [-0.3, -0.25) is 4.79 Å². The number of hydrogen-bond donors (Lipinski definition) is 2. The Kier molecular flexibility index (Phi) is 8.99. The molecule has 208 valence electrons. The van der Waals surface area contributed by atoms with Gasteiger partial charge in [-0.2, -0.15) is 0 Å². The summed E-state index contributed by atoms with van der Waals surface area (Å²) in [6.45, 7) is 10.0. The maximum Gasteiger partial charge on any atom is 0.347 e. The number of cyclic esters (lactones) is 1. The third-order valence-electron chi connectivity index (χ3n) is 8.20. The molecule has 2 aliphatic carbocycles. The molecule has 1 saturated heterocycles. The number of carbonyl (C=O) groups is 2. The normalized spacial score (nSPS) is 31.6. The van der Waals surface area contributed by atoms with Gasteiger partial charge in [0.1, 0.15) is 18.0 Å². The van der Waals surface area contributed by atoms with Gasteiger partial charge in [-0.15, -0.1) is 0 Å². The molecule has 4 rings (SSSR count). The molecule has 0 aromatic heterocycles. The average Bonchev–Trinajstić information content (AvgIpc) is 2.82. The third kappa shape index (κ3) is 6.49. The molecule has 1 aromatic rings. The van der Waals surface area contributed by atoms with Crippen molar-refractivity contribution in [3.05, 3.63) is 52.6 Å². The zero-order valence-electron chi connectivity index (χ0n) is 23.2. The molecule has 38 heavy (non-hydrogen) atoms. The lowest BCUT2D eigenvalue weighted by atomic mass is 9.66. The van der Waals surface area contributed by atoms with Crippen molar-refractivity contribution in [2.75, 3.05) is 0 Å². The molecule has 0 amide bonds. The van der Waals surface area contributed by atoms with Gasteiger partial charge >= 0.3 is 11.9 Å². The van der Waals surface area contributed by atoms with Gasteiger partial charge in [-0.1, -0.05) is 49.8 Å². The summed E-state index contributed by atoms with van der Waals surface area (Å²) in [5.41, 5.74) is 4.07. The van der Waals surface area contributed by atoms with Crippen LogP contribution in [-0.4, -0.2) is 52.7 Å². The van der Waals surface area contributed by atoms with Crippen molar-refractivity contribution >= 4 is 11.9 Å². The van der Waals surface area contributed by atoms with Crippen LogP contribution in [0.1, 0.15) is 69.1 Å². The Morgan fingerprint density at radius 3 is 2.50 bits per heavy atom. The lowest BCUT2D eigenvalue weighted by molar-refractivity contribution is -0.165. The first kappa shape index (κ1) is 28.4. The van der Waals surface area contributed by atoms with E-state index < -0.39 is 30.4 Å². The van der Waals surface area contributed by atoms with Crippen LogP contribution in [0.15, 0.2) is 35.9 Å². The van der Waals surface area contributed by atoms with Gasteiger partial charge in [0.05, 0.1) is 18.6 Å². The Morgan fingerprint density at radius 2 is 1.84 bits per heavy atom. The van der Waals surface area contributed by atoms with Crippen molar-refractivity contribution in [2.24, 2.45) is 17.8 Å². The second-order valence-corrected chi connectivity index (χ2v) is 11.4. The maximum atomic E-state index is 13.4. The first-order chi connectivity index (χ1) is 18.0. The summed E-state index contributed by atoms with van der Waals surface area (Å²) in [4.78, 5) is 25.3. The number of ether oxygens (including phenoxy) is 3. The monoisotopic (exact) mass is 526 g/mol. The van der Waals surface area contributed by atoms with Crippen LogP contribution in [-0.2, 0) is 19.1 Å². The van der Waals surface area contributed by atoms with Crippen LogP contribution >= 0.6 is 0 Å². The highest BCUT2D eigenvalue weighted by atomic mass is 16.6. The van der Waals surface area contributed by atoms with Crippen molar-refractivity contribution < 1.29 is 34.0 Å². The standard InChI is InChI=1S/C31H42O7/c1-6-26(37-30-19(4)11-17(2)12-20(30)5)31(35)38-27-15-22(32)13-21-8-7-18(3)25(29(21)27)10-9-24-14-23(33)16-28(34)36-24/h7-8,11-13,18,22-27,29,32-33H,6,9-10,14-16H2,1-5H3/t18-,22+,23+,24+,25-,26?,27-,29-/m0/s1. The molecule has 2 N–H and O–H groups in total. The third-order valence-corrected chi connectivity index (χ3v) is 8.20. The highest BCUT2D eigenvalue weighted by Gasteiger charge is 2.43. The Bertz CT molecular complexity index is 1070. The van der Waals surface area contributed by atoms with Gasteiger partial charge in [-0.05, 0) is 68.6 Å². The van der Waals surface area contributed by atoms with E-state index in [1.165, 1.54) is 0 Å². The predicted octanol–water partition coefficient (Wildman–Crippen LogP) is 4.66. The molecular weight excluding hydrogens is 484 g/mol. The number of carbonyl (C=O) groups excluding carboxylic acids is 2. The van der Waals surface area contributed by atoms with E-state index in [1.54, 1.807) is 0 Å². The minimum absolute atomic E-state index is 0.0484. The molecule has 7 nitrogen and oxygen atoms in total. The lowest BCUT2D eigenvalue weighted by Crippen LogP contribution is -2.44. The smallest absolute Gasteiger partial charge is 0.347 e. The van der Waals surface area contributed by atoms with Crippen LogP contribution in [0.25, 0.3) is 0 Å². The number of allylic oxidation sites excluding steroid dienone is 2. The predicted molar refractivity (Wildman–Crippen MR) is 144 cm³/mol. The molecule has 1 unspecified atom stereocenters. The number of benzene rings is 1. The number of fused-ring (bicyclic) bond motifs is 1. The quantitative estimate of drug-likeness (QED) is 0.475. The number of hydrogen-bond acceptors (Lipinski definition) is 7. The zero-order valence-corrected chi connectivity index (χ0v) is 23.2. The highest BCUT2D eigenvalue weighted by molar-refractivity contribution is 5.75. The lowest BCUT2D eigenvalue weighted by Gasteiger charge is -2.43. The molecule has 1 fully saturated rings. The second-order valence-electron chi connectivity index (χ2n) is 11.4. The molecule has 3 aliphatic rings. The van der Waals surface area contributed by atoms with Crippen LogP contribution in [0.2, 0.25) is 0 Å². The van der Waals surface area contributed by atoms with E-state index in [1.807, 2.05) is 52.0 Å². The molecule has 8 atom stereocenters. The summed E-state index contributed by atoms with van der Waals surface area (Å²) in [5.74, 6) is 0.205. The fraction of sp³-hybridized carbons (Fsp3) is 0.613. The molecule has 0 saturated carbocycles. The van der Waals surface area contributed by atoms with E-state index in [2.05, 4.69) is 13.0 Å². The van der Waals surface area contributed by atoms with E-state index in [4.69, 9.17) is 14.2 Å². The minimum atomic E-state index is -0.750. The summed E-state index contributed by atoms with van der Waals surface area (Å²) >= 11 is 0. The van der Waals surface area contributed by atoms with Crippen LogP contribution in [0, 0.1) is 38.5 Å². The molecule has 0 radical (unpaired) electrons. The fourth-order valence-corrected chi connectivity index (χ4v) is 6.42. The molecule has 0 spiro atoms. The van der Waals surface area contributed by atoms with Gasteiger partial charge < -0.3 is 24.4 Å². The molecular formula is C31H42O7. The van der Waals surface area contributed by atoms with E-state index in [-0.39, 0.29) is 36.2 Å². The maximum absolute atomic E-state index is 13.4. The summed E-state index contributed by atoms with van der Waals surface area (Å²) in [5, 5.41) is 20.6. The van der Waals surface area contributed by atoms with E-state index in [0.29, 0.717) is 31.4 Å². The first-order valence-electron chi connectivity index (χ1n) is 14.0. The van der Waals surface area contributed by atoms with Crippen molar-refractivity contribution in [3.8, 4) is 5.75 Å². The van der Waals surface area contributed by atoms with Crippen molar-refractivity contribution in [3.63, 3.8) is 0 Å². The second kappa shape index (κ2) is 12.0. The molecule has 1 heterocycles. The van der Waals surface area contributed by atoms with Crippen LogP contribution in [0.4, 0.5) is 0 Å². The van der Waals surface area contributed by atoms with E-state index >= 15 is 0 Å². The average molecular weight is 527 g/mol. The number of aliphatic hydroxyl groups excluding tert-OH is 2. The largest absolute Gasteiger partial charge is 0.478 e. The van der Waals surface area contributed by atoms with Crippen molar-refractivity contribution in [2.45, 2.75) is 104 Å². The number of aryl methyl sites for hydroxylation is 3. The summed E-state index contributed by atoms with van der Waals surface area (Å²) < 4.78 is 17.8. The van der Waals surface area contributed by atoms with Gasteiger partial charge in [-0.25, -0.2) is 4.79 Å². The number of aliphatic hydroxyl groups is 2. The Balaban J connectivity index is 1.50. The molecule has 7 heteroatoms. The van der Waals surface area contributed by atoms with E-state index in [0.717, 1.165) is 28.7 Å². The van der Waals surface area contributed by atoms with Crippen LogP contribution < -0.4 is 4.74 Å². The topological polar surface area (TPSA) is 102 Å². The zero-order chi connectivity index (χ0) is 27.6. The fourth-order valence-electron chi connectivity index (χ4n) is 6.42. The molecule has 1 aliphatic heterocycles. The van der Waals surface area contributed by atoms with Crippen LogP contribution in [0.5, 0.6) is 5.75 Å². The van der Waals surface area contributed by atoms with Crippen LogP contribution in [0.3, 0.4) is 0 Å². The van der Waals surface area contributed by atoms with Gasteiger partial charge in [0, 0.05) is 18.8 Å². The number of esters is 2. The van der Waals surface area contributed by atoms with Gasteiger partial charge in [0.15, 0.2) is 6.10 Å². The summed E-state index contributed by atoms with van der Waals surface area (Å²) in [6.07, 6.45) is 5.77. The highest BCUT2D eigenvalue weighted by Crippen LogP contribution is 2.44. The first-order valence-corrected chi connectivity index (χ1v) is 14.0. The van der Waals surface area contributed by atoms with Crippen molar-refractivity contribution in [1.29, 1.82) is 0 Å². The number of rotatable bonds is 8. The summed E-state index contributed by atoms with van der Waals surface area (Å²) in [6, 6.07) is 4.08. The minimum Gasteiger partial charge on any atom is -0.478 e. The van der Waals surface area contributed by atoms with Crippen molar-refractivity contribution in [1.82, 2.24) is 0 Å². The van der Waals surface area contributed by atoms with E-state index in [9.17, 15) is 19.8 Å². The Labute approximate surface area is 225 Å². The molecule has 0 bridgehead atoms. The summed E-state index contributed by atoms with van der Waals surface area (Å²) in [7, 11) is 0. The Hall–Kier alpha value is -2.64. The SMILES string of the molecule is CCC(Oc1c(C)cc(C)cc1C)C(=O)O[C@H]1C[C@H](O)C=C2C=C[C@H](C)[C@H](CC[C@@H]3C[C@@H](O)CC(=O)O3)[C@H]21. The van der Waals surface area contributed by atoms with Gasteiger partial charge in [0.2, 0.25) is 0 Å². The Morgan fingerprint density at radius 1 is 1.13 bits per heavy atom.